The zero-order chi connectivity index (χ0) is 14.8. The highest BCUT2D eigenvalue weighted by Crippen LogP contribution is 2.23. The van der Waals surface area contributed by atoms with Crippen molar-refractivity contribution in [3.63, 3.8) is 0 Å². The molecule has 0 aromatic heterocycles. The first kappa shape index (κ1) is 17.7. The molecule has 2 nitrogen and oxygen atoms in total. The Kier molecular flexibility index (Phi) is 9.19. The van der Waals surface area contributed by atoms with Gasteiger partial charge in [-0.3, -0.25) is 0 Å². The lowest BCUT2D eigenvalue weighted by Crippen LogP contribution is -2.31. The summed E-state index contributed by atoms with van der Waals surface area (Å²) in [6, 6.07) is 8.05. The van der Waals surface area contributed by atoms with Gasteiger partial charge in [0.1, 0.15) is 0 Å². The maximum atomic E-state index is 6.08. The molecule has 0 bridgehead atoms. The van der Waals surface area contributed by atoms with Gasteiger partial charge >= 0.3 is 9.28 Å². The van der Waals surface area contributed by atoms with Gasteiger partial charge in [0.15, 0.2) is 0 Å². The smallest absolute Gasteiger partial charge is 0.328 e. The van der Waals surface area contributed by atoms with Crippen LogP contribution in [0.3, 0.4) is 0 Å². The summed E-state index contributed by atoms with van der Waals surface area (Å²) in [5, 5.41) is 0.782. The van der Waals surface area contributed by atoms with Gasteiger partial charge < -0.3 is 8.85 Å². The second kappa shape index (κ2) is 10.4. The molecule has 0 amide bonds. The number of rotatable bonds is 10. The number of hydrogen-bond acceptors (Lipinski definition) is 2. The Balaban J connectivity index is 2.63. The average Bonchev–Trinajstić information content (AvgIpc) is 2.45. The van der Waals surface area contributed by atoms with Crippen LogP contribution in [-0.2, 0) is 8.85 Å². The molecule has 0 spiro atoms. The Bertz CT molecular complexity index is 363. The van der Waals surface area contributed by atoms with E-state index in [9.17, 15) is 0 Å². The molecule has 0 aliphatic heterocycles. The summed E-state index contributed by atoms with van der Waals surface area (Å²) in [5.74, 6) is 0. The first-order chi connectivity index (χ1) is 9.69. The number of unbranched alkanes of at least 4 members (excludes halogenated alkanes) is 2. The van der Waals surface area contributed by atoms with Crippen LogP contribution in [0.15, 0.2) is 24.3 Å². The third-order valence-electron chi connectivity index (χ3n) is 3.34. The van der Waals surface area contributed by atoms with E-state index in [2.05, 4.69) is 26.8 Å². The molecule has 1 unspecified atom stereocenters. The van der Waals surface area contributed by atoms with Crippen molar-refractivity contribution in [2.75, 3.05) is 13.2 Å². The van der Waals surface area contributed by atoms with E-state index in [1.807, 2.05) is 18.2 Å². The lowest BCUT2D eigenvalue weighted by Gasteiger charge is -2.23. The molecule has 0 fully saturated rings. The number of halogens is 1. The maximum absolute atomic E-state index is 6.08. The van der Waals surface area contributed by atoms with Gasteiger partial charge in [0.2, 0.25) is 0 Å². The van der Waals surface area contributed by atoms with Crippen molar-refractivity contribution in [3.05, 3.63) is 34.9 Å². The van der Waals surface area contributed by atoms with Crippen LogP contribution in [0.5, 0.6) is 0 Å². The zero-order valence-electron chi connectivity index (χ0n) is 12.9. The SMILES string of the molecule is CCCCO[SiH](OCCCC)C(C)c1cccc(Cl)c1. The summed E-state index contributed by atoms with van der Waals surface area (Å²) in [4.78, 5) is 0. The summed E-state index contributed by atoms with van der Waals surface area (Å²) in [6.07, 6.45) is 4.51. The van der Waals surface area contributed by atoms with Gasteiger partial charge in [-0.2, -0.15) is 0 Å². The lowest BCUT2D eigenvalue weighted by molar-refractivity contribution is 0.185. The molecule has 0 heterocycles. The topological polar surface area (TPSA) is 18.5 Å². The highest BCUT2D eigenvalue weighted by molar-refractivity contribution is 6.46. The van der Waals surface area contributed by atoms with Gasteiger partial charge in [-0.05, 0) is 30.5 Å². The van der Waals surface area contributed by atoms with E-state index in [0.29, 0.717) is 5.54 Å². The molecule has 0 aliphatic carbocycles. The van der Waals surface area contributed by atoms with Crippen molar-refractivity contribution >= 4 is 20.9 Å². The highest BCUT2D eigenvalue weighted by atomic mass is 35.5. The molecule has 0 aliphatic rings. The van der Waals surface area contributed by atoms with Crippen molar-refractivity contribution in [2.24, 2.45) is 0 Å². The fourth-order valence-corrected chi connectivity index (χ4v) is 4.16. The van der Waals surface area contributed by atoms with Crippen LogP contribution >= 0.6 is 11.6 Å². The number of hydrogen-bond donors (Lipinski definition) is 0. The first-order valence-electron chi connectivity index (χ1n) is 7.67. The molecule has 0 radical (unpaired) electrons. The highest BCUT2D eigenvalue weighted by Gasteiger charge is 2.24. The lowest BCUT2D eigenvalue weighted by atomic mass is 10.2. The second-order valence-electron chi connectivity index (χ2n) is 5.16. The Morgan fingerprint density at radius 2 is 1.70 bits per heavy atom. The van der Waals surface area contributed by atoms with Gasteiger partial charge in [0, 0.05) is 23.8 Å². The molecule has 4 heteroatoms. The first-order valence-corrected chi connectivity index (χ1v) is 9.66. The summed E-state index contributed by atoms with van der Waals surface area (Å²) < 4.78 is 12.1. The largest absolute Gasteiger partial charge is 0.396 e. The fraction of sp³-hybridized carbons (Fsp3) is 0.625. The third kappa shape index (κ3) is 6.40. The van der Waals surface area contributed by atoms with Gasteiger partial charge in [-0.25, -0.2) is 0 Å². The molecule has 114 valence electrons. The average molecular weight is 315 g/mol. The summed E-state index contributed by atoms with van der Waals surface area (Å²) in [5.41, 5.74) is 1.55. The van der Waals surface area contributed by atoms with Gasteiger partial charge in [-0.15, -0.1) is 0 Å². The van der Waals surface area contributed by atoms with Crippen LogP contribution in [0.2, 0.25) is 5.02 Å². The zero-order valence-corrected chi connectivity index (χ0v) is 14.8. The molecule has 1 aromatic carbocycles. The molecule has 20 heavy (non-hydrogen) atoms. The van der Waals surface area contributed by atoms with Crippen LogP contribution in [0.25, 0.3) is 0 Å². The van der Waals surface area contributed by atoms with E-state index in [1.54, 1.807) is 0 Å². The monoisotopic (exact) mass is 314 g/mol. The van der Waals surface area contributed by atoms with Crippen LogP contribution in [0, 0.1) is 0 Å². The van der Waals surface area contributed by atoms with Gasteiger partial charge in [0.05, 0.1) is 0 Å². The molecular formula is C16H27ClO2Si. The van der Waals surface area contributed by atoms with Crippen molar-refractivity contribution < 1.29 is 8.85 Å². The third-order valence-corrected chi connectivity index (χ3v) is 5.91. The predicted octanol–water partition coefficient (Wildman–Crippen LogP) is 4.84. The van der Waals surface area contributed by atoms with E-state index in [1.165, 1.54) is 5.56 Å². The molecular weight excluding hydrogens is 288 g/mol. The van der Waals surface area contributed by atoms with Crippen molar-refractivity contribution in [2.45, 2.75) is 52.0 Å². The van der Waals surface area contributed by atoms with Crippen LogP contribution in [0.1, 0.15) is 57.6 Å². The van der Waals surface area contributed by atoms with E-state index in [0.717, 1.165) is 43.9 Å². The van der Waals surface area contributed by atoms with E-state index < -0.39 is 9.28 Å². The molecule has 1 aromatic rings. The minimum Gasteiger partial charge on any atom is -0.396 e. The van der Waals surface area contributed by atoms with Crippen molar-refractivity contribution in [1.29, 1.82) is 0 Å². The standard InChI is InChI=1S/C16H27ClO2Si/c1-4-6-11-18-20(19-12-7-5-2)14(3)15-9-8-10-16(17)13-15/h8-10,13-14,20H,4-7,11-12H2,1-3H3. The molecule has 0 N–H and O–H groups in total. The van der Waals surface area contributed by atoms with Gasteiger partial charge in [-0.1, -0.05) is 57.3 Å². The fourth-order valence-electron chi connectivity index (χ4n) is 1.97. The Hall–Kier alpha value is -0.353. The summed E-state index contributed by atoms with van der Waals surface area (Å²) in [7, 11) is -1.70. The predicted molar refractivity (Wildman–Crippen MR) is 88.7 cm³/mol. The van der Waals surface area contributed by atoms with Gasteiger partial charge in [0.25, 0.3) is 0 Å². The molecule has 1 atom stereocenters. The molecule has 1 rings (SSSR count). The maximum Gasteiger partial charge on any atom is 0.328 e. The van der Waals surface area contributed by atoms with E-state index >= 15 is 0 Å². The quantitative estimate of drug-likeness (QED) is 0.454. The Labute approximate surface area is 130 Å². The summed E-state index contributed by atoms with van der Waals surface area (Å²) in [6.45, 7) is 8.17. The van der Waals surface area contributed by atoms with Crippen molar-refractivity contribution in [3.8, 4) is 0 Å². The van der Waals surface area contributed by atoms with E-state index in [-0.39, 0.29) is 0 Å². The van der Waals surface area contributed by atoms with Crippen LogP contribution in [-0.4, -0.2) is 22.5 Å². The summed E-state index contributed by atoms with van der Waals surface area (Å²) >= 11 is 6.08. The number of benzene rings is 1. The molecule has 0 saturated carbocycles. The normalized spacial score (nSPS) is 12.8. The van der Waals surface area contributed by atoms with Crippen LogP contribution in [0.4, 0.5) is 0 Å². The minimum absolute atomic E-state index is 0.322. The second-order valence-corrected chi connectivity index (χ2v) is 8.00. The Morgan fingerprint density at radius 1 is 1.10 bits per heavy atom. The Morgan fingerprint density at radius 3 is 2.20 bits per heavy atom. The van der Waals surface area contributed by atoms with Crippen molar-refractivity contribution in [1.82, 2.24) is 0 Å². The molecule has 0 saturated heterocycles. The van der Waals surface area contributed by atoms with E-state index in [4.69, 9.17) is 20.5 Å². The van der Waals surface area contributed by atoms with Crippen LogP contribution < -0.4 is 0 Å². The minimum atomic E-state index is -1.70.